The summed E-state index contributed by atoms with van der Waals surface area (Å²) in [5.41, 5.74) is -0.608. The topological polar surface area (TPSA) is 69.9 Å². The van der Waals surface area contributed by atoms with Crippen LogP contribution in [0.3, 0.4) is 0 Å². The molecule has 4 heteroatoms. The predicted octanol–water partition coefficient (Wildman–Crippen LogP) is 1.33. The average molecular weight is 198 g/mol. The first kappa shape index (κ1) is 10.7. The Labute approximate surface area is 82.4 Å². The van der Waals surface area contributed by atoms with Crippen LogP contribution in [0.2, 0.25) is 0 Å². The normalized spacial score (nSPS) is 11.4. The number of benzene rings is 1. The zero-order valence-electron chi connectivity index (χ0n) is 8.40. The molecule has 0 fully saturated rings. The van der Waals surface area contributed by atoms with Crippen molar-refractivity contribution in [3.63, 3.8) is 0 Å². The van der Waals surface area contributed by atoms with Gasteiger partial charge in [0, 0.05) is 0 Å². The second-order valence-corrected chi connectivity index (χ2v) is 3.61. The summed E-state index contributed by atoms with van der Waals surface area (Å²) in [6, 6.07) is 2.78. The molecule has 14 heavy (non-hydrogen) atoms. The fourth-order valence-corrected chi connectivity index (χ4v) is 1.10. The maximum atomic E-state index is 9.68. The summed E-state index contributed by atoms with van der Waals surface area (Å²) in [4.78, 5) is 0. The van der Waals surface area contributed by atoms with Crippen LogP contribution in [0.5, 0.6) is 17.2 Å². The van der Waals surface area contributed by atoms with Gasteiger partial charge in [-0.05, 0) is 31.5 Å². The van der Waals surface area contributed by atoms with Crippen LogP contribution in [0.15, 0.2) is 12.1 Å². The number of aromatic hydroxyl groups is 2. The van der Waals surface area contributed by atoms with Crippen molar-refractivity contribution in [2.24, 2.45) is 0 Å². The zero-order valence-corrected chi connectivity index (χ0v) is 8.40. The van der Waals surface area contributed by atoms with Crippen molar-refractivity contribution in [3.8, 4) is 17.2 Å². The Balaban J connectivity index is 3.30. The molecule has 0 unspecified atom stereocenters. The van der Waals surface area contributed by atoms with Gasteiger partial charge in [-0.3, -0.25) is 0 Å². The average Bonchev–Trinajstić information content (AvgIpc) is 2.07. The number of ether oxygens (including phenoxy) is 1. The molecule has 0 saturated heterocycles. The van der Waals surface area contributed by atoms with Crippen molar-refractivity contribution in [3.05, 3.63) is 17.7 Å². The van der Waals surface area contributed by atoms with Gasteiger partial charge in [-0.15, -0.1) is 0 Å². The number of hydrogen-bond acceptors (Lipinski definition) is 4. The molecule has 0 bridgehead atoms. The Morgan fingerprint density at radius 2 is 1.79 bits per heavy atom. The highest BCUT2D eigenvalue weighted by Gasteiger charge is 2.20. The monoisotopic (exact) mass is 198 g/mol. The molecule has 0 atom stereocenters. The lowest BCUT2D eigenvalue weighted by atomic mass is 9.97. The largest absolute Gasteiger partial charge is 0.504 e. The first-order valence-corrected chi connectivity index (χ1v) is 4.19. The van der Waals surface area contributed by atoms with Crippen LogP contribution in [0.1, 0.15) is 19.4 Å². The fraction of sp³-hybridized carbons (Fsp3) is 0.400. The highest BCUT2D eigenvalue weighted by Crippen LogP contribution is 2.38. The molecule has 3 N–H and O–H groups in total. The van der Waals surface area contributed by atoms with E-state index in [4.69, 9.17) is 4.74 Å². The minimum Gasteiger partial charge on any atom is -0.504 e. The van der Waals surface area contributed by atoms with Crippen LogP contribution < -0.4 is 4.74 Å². The summed E-state index contributed by atoms with van der Waals surface area (Å²) >= 11 is 0. The Kier molecular flexibility index (Phi) is 2.57. The van der Waals surface area contributed by atoms with Crippen LogP contribution in [0.25, 0.3) is 0 Å². The molecule has 1 rings (SSSR count). The lowest BCUT2D eigenvalue weighted by Crippen LogP contribution is -2.15. The van der Waals surface area contributed by atoms with Crippen LogP contribution in [-0.2, 0) is 5.60 Å². The number of methoxy groups -OCH3 is 1. The summed E-state index contributed by atoms with van der Waals surface area (Å²) in [5, 5.41) is 28.3. The molecule has 0 aliphatic heterocycles. The molecule has 0 spiro atoms. The van der Waals surface area contributed by atoms with Crippen molar-refractivity contribution in [1.29, 1.82) is 0 Å². The zero-order chi connectivity index (χ0) is 10.9. The van der Waals surface area contributed by atoms with E-state index in [0.29, 0.717) is 5.56 Å². The maximum absolute atomic E-state index is 9.68. The third kappa shape index (κ3) is 1.90. The van der Waals surface area contributed by atoms with Gasteiger partial charge in [-0.1, -0.05) is 0 Å². The van der Waals surface area contributed by atoms with E-state index in [-0.39, 0.29) is 17.2 Å². The quantitative estimate of drug-likeness (QED) is 0.627. The van der Waals surface area contributed by atoms with Gasteiger partial charge >= 0.3 is 0 Å². The number of phenolic OH excluding ortho intramolecular Hbond substituents is 2. The van der Waals surface area contributed by atoms with Crippen LogP contribution >= 0.6 is 0 Å². The number of phenols is 2. The van der Waals surface area contributed by atoms with Gasteiger partial charge in [-0.2, -0.15) is 0 Å². The second-order valence-electron chi connectivity index (χ2n) is 3.61. The van der Waals surface area contributed by atoms with E-state index >= 15 is 0 Å². The van der Waals surface area contributed by atoms with Crippen LogP contribution in [-0.4, -0.2) is 22.4 Å². The van der Waals surface area contributed by atoms with Crippen molar-refractivity contribution in [2.75, 3.05) is 7.11 Å². The molecular formula is C10H14O4. The lowest BCUT2D eigenvalue weighted by Gasteiger charge is -2.19. The van der Waals surface area contributed by atoms with E-state index < -0.39 is 5.60 Å². The van der Waals surface area contributed by atoms with Gasteiger partial charge in [0.25, 0.3) is 0 Å². The van der Waals surface area contributed by atoms with Crippen molar-refractivity contribution < 1.29 is 20.1 Å². The summed E-state index contributed by atoms with van der Waals surface area (Å²) < 4.78 is 4.84. The highest BCUT2D eigenvalue weighted by atomic mass is 16.5. The number of hydrogen-bond donors (Lipinski definition) is 3. The van der Waals surface area contributed by atoms with E-state index in [1.165, 1.54) is 19.2 Å². The smallest absolute Gasteiger partial charge is 0.200 e. The number of aliphatic hydroxyl groups is 1. The van der Waals surface area contributed by atoms with E-state index in [1.807, 2.05) is 0 Å². The molecule has 0 amide bonds. The standard InChI is InChI=1S/C10H14O4/c1-10(2,13)6-4-7(11)9(12)8(5-6)14-3/h4-5,11-13H,1-3H3. The summed E-state index contributed by atoms with van der Waals surface area (Å²) in [6.45, 7) is 3.16. The SMILES string of the molecule is COc1cc(C(C)(C)O)cc(O)c1O. The molecule has 1 aromatic rings. The van der Waals surface area contributed by atoms with Crippen molar-refractivity contribution in [2.45, 2.75) is 19.4 Å². The third-order valence-corrected chi connectivity index (χ3v) is 1.98. The Morgan fingerprint density at radius 3 is 2.21 bits per heavy atom. The third-order valence-electron chi connectivity index (χ3n) is 1.98. The molecule has 4 nitrogen and oxygen atoms in total. The van der Waals surface area contributed by atoms with Crippen LogP contribution in [0.4, 0.5) is 0 Å². The molecule has 0 aliphatic carbocycles. The van der Waals surface area contributed by atoms with E-state index in [2.05, 4.69) is 0 Å². The van der Waals surface area contributed by atoms with Gasteiger partial charge in [0.15, 0.2) is 11.5 Å². The van der Waals surface area contributed by atoms with Gasteiger partial charge in [0.1, 0.15) is 0 Å². The minimum absolute atomic E-state index is 0.141. The minimum atomic E-state index is -1.08. The van der Waals surface area contributed by atoms with Gasteiger partial charge in [-0.25, -0.2) is 0 Å². The Bertz CT molecular complexity index is 339. The van der Waals surface area contributed by atoms with Crippen molar-refractivity contribution >= 4 is 0 Å². The van der Waals surface area contributed by atoms with Gasteiger partial charge < -0.3 is 20.1 Å². The van der Waals surface area contributed by atoms with E-state index in [1.54, 1.807) is 13.8 Å². The van der Waals surface area contributed by atoms with E-state index in [9.17, 15) is 15.3 Å². The molecule has 78 valence electrons. The summed E-state index contributed by atoms with van der Waals surface area (Å²) in [7, 11) is 1.38. The summed E-state index contributed by atoms with van der Waals surface area (Å²) in [5.74, 6) is -0.482. The van der Waals surface area contributed by atoms with Crippen LogP contribution in [0, 0.1) is 0 Å². The number of rotatable bonds is 2. The molecule has 0 saturated carbocycles. The van der Waals surface area contributed by atoms with Gasteiger partial charge in [0.05, 0.1) is 12.7 Å². The first-order valence-electron chi connectivity index (χ1n) is 4.19. The molecule has 0 radical (unpaired) electrons. The maximum Gasteiger partial charge on any atom is 0.200 e. The second kappa shape index (κ2) is 3.38. The Hall–Kier alpha value is -1.42. The molecule has 0 aliphatic rings. The first-order chi connectivity index (χ1) is 6.36. The van der Waals surface area contributed by atoms with Gasteiger partial charge in [0.2, 0.25) is 5.75 Å². The molecule has 0 aromatic heterocycles. The fourth-order valence-electron chi connectivity index (χ4n) is 1.10. The lowest BCUT2D eigenvalue weighted by molar-refractivity contribution is 0.0779. The molecule has 1 aromatic carbocycles. The predicted molar refractivity (Wildman–Crippen MR) is 51.6 cm³/mol. The summed E-state index contributed by atoms with van der Waals surface area (Å²) in [6.07, 6.45) is 0. The van der Waals surface area contributed by atoms with E-state index in [0.717, 1.165) is 0 Å². The highest BCUT2D eigenvalue weighted by molar-refractivity contribution is 5.52. The molecule has 0 heterocycles. The van der Waals surface area contributed by atoms with Crippen molar-refractivity contribution in [1.82, 2.24) is 0 Å². The Morgan fingerprint density at radius 1 is 1.21 bits per heavy atom. The molecular weight excluding hydrogens is 184 g/mol.